The summed E-state index contributed by atoms with van der Waals surface area (Å²) in [5.41, 5.74) is 15.0. The number of amides is 1. The molecule has 1 amide bonds. The van der Waals surface area contributed by atoms with E-state index in [9.17, 15) is 9.90 Å². The first-order chi connectivity index (χ1) is 16.1. The van der Waals surface area contributed by atoms with Gasteiger partial charge in [0.1, 0.15) is 5.60 Å². The standard InChI is InChI=1S/C28H33N3O3/c1-19(20-9-11-21(12-10-20)22-13-14-24(29)25(30)17-22)31-16-15-28(34-26(31)32,18-27(2,3)33)23-7-5-4-6-8-23/h4-14,17,19,33H,15-16,18,29-30H2,1-3H3/t19-,28?/m0/s1. The molecule has 3 aromatic rings. The molecule has 3 aromatic carbocycles. The van der Waals surface area contributed by atoms with E-state index in [1.54, 1.807) is 24.8 Å². The number of anilines is 2. The molecule has 4 rings (SSSR count). The van der Waals surface area contributed by atoms with Gasteiger partial charge in [0.2, 0.25) is 0 Å². The maximum absolute atomic E-state index is 13.2. The number of carbonyl (C=O) groups excluding carboxylic acids is 1. The molecule has 178 valence electrons. The smallest absolute Gasteiger partial charge is 0.411 e. The number of nitrogens with zero attached hydrogens (tertiary/aromatic N) is 1. The summed E-state index contributed by atoms with van der Waals surface area (Å²) in [4.78, 5) is 15.0. The van der Waals surface area contributed by atoms with Crippen LogP contribution in [0.1, 0.15) is 50.8 Å². The number of benzene rings is 3. The highest BCUT2D eigenvalue weighted by Crippen LogP contribution is 2.42. The second kappa shape index (κ2) is 9.03. The molecule has 1 saturated heterocycles. The summed E-state index contributed by atoms with van der Waals surface area (Å²) in [5.74, 6) is 0. The van der Waals surface area contributed by atoms with E-state index in [2.05, 4.69) is 0 Å². The molecule has 1 unspecified atom stereocenters. The number of aliphatic hydroxyl groups is 1. The Labute approximate surface area is 201 Å². The van der Waals surface area contributed by atoms with Crippen LogP contribution in [-0.2, 0) is 10.3 Å². The van der Waals surface area contributed by atoms with E-state index >= 15 is 0 Å². The molecule has 6 nitrogen and oxygen atoms in total. The van der Waals surface area contributed by atoms with Gasteiger partial charge in [-0.25, -0.2) is 4.79 Å². The zero-order valence-corrected chi connectivity index (χ0v) is 20.0. The lowest BCUT2D eigenvalue weighted by Gasteiger charge is -2.45. The minimum atomic E-state index is -0.981. The van der Waals surface area contributed by atoms with Crippen molar-refractivity contribution in [2.45, 2.75) is 50.9 Å². The SMILES string of the molecule is C[C@@H](c1ccc(-c2ccc(N)c(N)c2)cc1)N1CCC(CC(C)(C)O)(c2ccccc2)OC1=O. The maximum atomic E-state index is 13.2. The van der Waals surface area contributed by atoms with Crippen molar-refractivity contribution in [3.05, 3.63) is 83.9 Å². The van der Waals surface area contributed by atoms with Crippen molar-refractivity contribution in [2.24, 2.45) is 0 Å². The minimum absolute atomic E-state index is 0.158. The van der Waals surface area contributed by atoms with Gasteiger partial charge in [0.05, 0.1) is 23.0 Å². The van der Waals surface area contributed by atoms with Crippen LogP contribution in [-0.4, -0.2) is 28.2 Å². The normalized spacial score (nSPS) is 19.5. The van der Waals surface area contributed by atoms with Crippen LogP contribution in [0.2, 0.25) is 0 Å². The molecule has 2 atom stereocenters. The van der Waals surface area contributed by atoms with E-state index in [1.807, 2.05) is 73.7 Å². The van der Waals surface area contributed by atoms with Crippen LogP contribution < -0.4 is 11.5 Å². The zero-order valence-electron chi connectivity index (χ0n) is 20.0. The van der Waals surface area contributed by atoms with Crippen LogP contribution in [0.4, 0.5) is 16.2 Å². The van der Waals surface area contributed by atoms with E-state index in [-0.39, 0.29) is 12.1 Å². The first-order valence-electron chi connectivity index (χ1n) is 11.6. The van der Waals surface area contributed by atoms with Gasteiger partial charge >= 0.3 is 6.09 Å². The average Bonchev–Trinajstić information content (AvgIpc) is 2.80. The monoisotopic (exact) mass is 459 g/mol. The van der Waals surface area contributed by atoms with Gasteiger partial charge in [0.15, 0.2) is 0 Å². The number of cyclic esters (lactones) is 1. The summed E-state index contributed by atoms with van der Waals surface area (Å²) in [5, 5.41) is 10.6. The van der Waals surface area contributed by atoms with Crippen LogP contribution in [0.25, 0.3) is 11.1 Å². The van der Waals surface area contributed by atoms with Crippen molar-refractivity contribution in [3.8, 4) is 11.1 Å². The first-order valence-corrected chi connectivity index (χ1v) is 11.6. The molecule has 1 heterocycles. The van der Waals surface area contributed by atoms with E-state index < -0.39 is 11.2 Å². The number of hydrogen-bond donors (Lipinski definition) is 3. The van der Waals surface area contributed by atoms with Gasteiger partial charge in [0, 0.05) is 19.4 Å². The lowest BCUT2D eigenvalue weighted by atomic mass is 9.80. The molecule has 0 radical (unpaired) electrons. The first kappa shape index (κ1) is 23.6. The van der Waals surface area contributed by atoms with Crippen LogP contribution in [0.3, 0.4) is 0 Å². The number of carbonyl (C=O) groups is 1. The van der Waals surface area contributed by atoms with Gasteiger partial charge in [-0.1, -0.05) is 60.7 Å². The molecule has 0 aliphatic carbocycles. The Balaban J connectivity index is 1.53. The molecule has 1 fully saturated rings. The number of nitrogen functional groups attached to an aromatic ring is 2. The Bertz CT molecular complexity index is 1160. The number of rotatable bonds is 6. The zero-order chi connectivity index (χ0) is 24.5. The summed E-state index contributed by atoms with van der Waals surface area (Å²) >= 11 is 0. The summed E-state index contributed by atoms with van der Waals surface area (Å²) in [6.07, 6.45) is 0.555. The Hall–Kier alpha value is -3.51. The molecule has 0 saturated carbocycles. The highest BCUT2D eigenvalue weighted by molar-refractivity contribution is 5.75. The van der Waals surface area contributed by atoms with Gasteiger partial charge in [-0.15, -0.1) is 0 Å². The van der Waals surface area contributed by atoms with Gasteiger partial charge in [0.25, 0.3) is 0 Å². The van der Waals surface area contributed by atoms with Gasteiger partial charge in [-0.05, 0) is 55.2 Å². The van der Waals surface area contributed by atoms with Gasteiger partial charge < -0.3 is 26.2 Å². The van der Waals surface area contributed by atoms with Crippen molar-refractivity contribution in [1.82, 2.24) is 4.90 Å². The highest BCUT2D eigenvalue weighted by atomic mass is 16.6. The third-order valence-corrected chi connectivity index (χ3v) is 6.57. The van der Waals surface area contributed by atoms with E-state index in [0.29, 0.717) is 30.8 Å². The molecule has 0 spiro atoms. The minimum Gasteiger partial charge on any atom is -0.438 e. The largest absolute Gasteiger partial charge is 0.438 e. The Morgan fingerprint density at radius 1 is 1.00 bits per heavy atom. The Morgan fingerprint density at radius 3 is 2.24 bits per heavy atom. The Morgan fingerprint density at radius 2 is 1.65 bits per heavy atom. The molecule has 0 bridgehead atoms. The van der Waals surface area contributed by atoms with Crippen molar-refractivity contribution in [1.29, 1.82) is 0 Å². The van der Waals surface area contributed by atoms with Crippen LogP contribution in [0, 0.1) is 0 Å². The second-order valence-corrected chi connectivity index (χ2v) is 9.80. The molecule has 1 aliphatic rings. The van der Waals surface area contributed by atoms with Crippen molar-refractivity contribution < 1.29 is 14.6 Å². The molecular weight excluding hydrogens is 426 g/mol. The predicted octanol–water partition coefficient (Wildman–Crippen LogP) is 5.48. The van der Waals surface area contributed by atoms with Crippen LogP contribution >= 0.6 is 0 Å². The second-order valence-electron chi connectivity index (χ2n) is 9.80. The molecular formula is C28H33N3O3. The number of hydrogen-bond acceptors (Lipinski definition) is 5. The summed E-state index contributed by atoms with van der Waals surface area (Å²) < 4.78 is 6.11. The molecule has 34 heavy (non-hydrogen) atoms. The van der Waals surface area contributed by atoms with E-state index in [1.165, 1.54) is 0 Å². The van der Waals surface area contributed by atoms with Crippen LogP contribution in [0.5, 0.6) is 0 Å². The number of nitrogens with two attached hydrogens (primary N) is 2. The highest BCUT2D eigenvalue weighted by Gasteiger charge is 2.46. The van der Waals surface area contributed by atoms with E-state index in [4.69, 9.17) is 16.2 Å². The number of ether oxygens (including phenoxy) is 1. The van der Waals surface area contributed by atoms with Gasteiger partial charge in [-0.2, -0.15) is 0 Å². The third-order valence-electron chi connectivity index (χ3n) is 6.57. The predicted molar refractivity (Wildman–Crippen MR) is 136 cm³/mol. The lowest BCUT2D eigenvalue weighted by Crippen LogP contribution is -2.51. The Kier molecular flexibility index (Phi) is 6.28. The van der Waals surface area contributed by atoms with Crippen molar-refractivity contribution in [2.75, 3.05) is 18.0 Å². The fraction of sp³-hybridized carbons (Fsp3) is 0.321. The fourth-order valence-electron chi connectivity index (χ4n) is 4.78. The summed E-state index contributed by atoms with van der Waals surface area (Å²) in [6, 6.07) is 23.3. The van der Waals surface area contributed by atoms with E-state index in [0.717, 1.165) is 22.3 Å². The third kappa shape index (κ3) is 4.87. The average molecular weight is 460 g/mol. The molecule has 1 aliphatic heterocycles. The van der Waals surface area contributed by atoms with Crippen molar-refractivity contribution in [3.63, 3.8) is 0 Å². The topological polar surface area (TPSA) is 102 Å². The fourth-order valence-corrected chi connectivity index (χ4v) is 4.78. The summed E-state index contributed by atoms with van der Waals surface area (Å²) in [6.45, 7) is 6.03. The maximum Gasteiger partial charge on any atom is 0.411 e. The van der Waals surface area contributed by atoms with Crippen molar-refractivity contribution >= 4 is 17.5 Å². The molecule has 5 N–H and O–H groups in total. The molecule has 0 aromatic heterocycles. The summed E-state index contributed by atoms with van der Waals surface area (Å²) in [7, 11) is 0. The van der Waals surface area contributed by atoms with Gasteiger partial charge in [-0.3, -0.25) is 0 Å². The molecule has 6 heteroatoms. The van der Waals surface area contributed by atoms with Crippen LogP contribution in [0.15, 0.2) is 72.8 Å². The quantitative estimate of drug-likeness (QED) is 0.424. The lowest BCUT2D eigenvalue weighted by molar-refractivity contribution is -0.101.